The molecule has 2 rings (SSSR count). The molecule has 52 heavy (non-hydrogen) atoms. The van der Waals surface area contributed by atoms with Crippen molar-refractivity contribution in [3.8, 4) is 0 Å². The molecule has 1 saturated heterocycles. The van der Waals surface area contributed by atoms with E-state index in [1.165, 1.54) is 20.2 Å². The molecule has 1 N–H and O–H groups in total. The number of methoxy groups -OCH3 is 1. The van der Waals surface area contributed by atoms with Crippen LogP contribution in [0.5, 0.6) is 0 Å². The van der Waals surface area contributed by atoms with E-state index in [1.54, 1.807) is 41.5 Å². The number of ether oxygens (including phenoxy) is 4. The zero-order valence-corrected chi connectivity index (χ0v) is 33.7. The summed E-state index contributed by atoms with van der Waals surface area (Å²) in [6.07, 6.45) is -3.61. The number of aliphatic imine (C=N–C) groups is 1. The van der Waals surface area contributed by atoms with Crippen LogP contribution in [0, 0.1) is 17.4 Å². The van der Waals surface area contributed by atoms with Gasteiger partial charge in [0, 0.05) is 31.5 Å². The minimum absolute atomic E-state index is 0.0452. The molecule has 0 aromatic carbocycles. The molecular formula is C32H53N5O13P2. The Hall–Kier alpha value is -2.84. The first-order valence-corrected chi connectivity index (χ1v) is 19.2. The van der Waals surface area contributed by atoms with Gasteiger partial charge in [-0.1, -0.05) is 0 Å². The zero-order valence-electron chi connectivity index (χ0n) is 31.9. The summed E-state index contributed by atoms with van der Waals surface area (Å²) in [5.41, 5.74) is -3.54. The number of nitrogens with zero attached hydrogens (tertiary/aromatic N) is 4. The standard InChI is InChI=1S/C32H53N5O13P2/c1-20(2)37(21(3)4)51(46-17-15-33-12)50-24-25(43-13)27(36-16-14-23(38)35-30(36)41)49-26(24)34-22(5)52(42,47-18-44-28(39)31(6,7)8)48-19-45-29(40)32(9,10)11/h14,16,20-21,24-27H,15,17-19H2,1-11,13H3,(H,35,38,41)/b34-22+/t24?,25?,26-,27+,51?/m0/s1. The quantitative estimate of drug-likeness (QED) is 0.0532. The molecule has 0 spiro atoms. The van der Waals surface area contributed by atoms with Crippen molar-refractivity contribution in [2.24, 2.45) is 15.8 Å². The molecule has 3 unspecified atom stereocenters. The molecule has 20 heteroatoms. The molecule has 0 bridgehead atoms. The van der Waals surface area contributed by atoms with Crippen molar-refractivity contribution in [2.45, 2.75) is 113 Å². The van der Waals surface area contributed by atoms with E-state index < -0.39 is 88.4 Å². The first-order valence-electron chi connectivity index (χ1n) is 16.6. The van der Waals surface area contributed by atoms with Crippen molar-refractivity contribution in [3.05, 3.63) is 44.5 Å². The van der Waals surface area contributed by atoms with Crippen LogP contribution >= 0.6 is 16.1 Å². The molecule has 294 valence electrons. The molecule has 0 radical (unpaired) electrons. The highest BCUT2D eigenvalue weighted by Gasteiger charge is 2.50. The van der Waals surface area contributed by atoms with Gasteiger partial charge in [0.05, 0.1) is 10.8 Å². The van der Waals surface area contributed by atoms with Gasteiger partial charge in [-0.25, -0.2) is 21.0 Å². The number of hydrogen-bond acceptors (Lipinski definition) is 15. The highest BCUT2D eigenvalue weighted by Crippen LogP contribution is 2.53. The Bertz CT molecular complexity index is 1550. The van der Waals surface area contributed by atoms with Gasteiger partial charge in [-0.15, -0.1) is 0 Å². The van der Waals surface area contributed by atoms with Crippen molar-refractivity contribution < 1.29 is 51.2 Å². The zero-order chi connectivity index (χ0) is 39.6. The van der Waals surface area contributed by atoms with Gasteiger partial charge in [0.2, 0.25) is 20.1 Å². The highest BCUT2D eigenvalue weighted by atomic mass is 31.2. The smallest absolute Gasteiger partial charge is 0.380 e. The fourth-order valence-corrected chi connectivity index (χ4v) is 7.36. The molecule has 5 atom stereocenters. The lowest BCUT2D eigenvalue weighted by molar-refractivity contribution is -0.161. The van der Waals surface area contributed by atoms with Crippen LogP contribution in [0.1, 0.15) is 82.4 Å². The number of rotatable bonds is 18. The summed E-state index contributed by atoms with van der Waals surface area (Å²) in [5.74, 6) is -1.30. The van der Waals surface area contributed by atoms with Crippen LogP contribution in [-0.2, 0) is 51.2 Å². The SMILES string of the molecule is [C-]#[N+]CCOP(OC1C(OC)[C@H](n2ccc(=O)[nH]c2=O)O[C@@H]1/N=C(\C)P(=O)(OCOC(=O)C(C)(C)C)OCOC(=O)C(C)(C)C)N(C(C)C)C(C)C. The monoisotopic (exact) mass is 777 g/mol. The van der Waals surface area contributed by atoms with Crippen molar-refractivity contribution in [2.75, 3.05) is 33.8 Å². The van der Waals surface area contributed by atoms with Crippen molar-refractivity contribution in [1.29, 1.82) is 0 Å². The van der Waals surface area contributed by atoms with Gasteiger partial charge in [-0.2, -0.15) is 0 Å². The minimum atomic E-state index is -4.52. The van der Waals surface area contributed by atoms with Crippen molar-refractivity contribution in [1.82, 2.24) is 14.2 Å². The molecule has 0 aliphatic carbocycles. The van der Waals surface area contributed by atoms with E-state index in [0.29, 0.717) is 0 Å². The molecule has 1 aliphatic rings. The maximum atomic E-state index is 14.3. The fourth-order valence-electron chi connectivity index (χ4n) is 4.54. The average molecular weight is 778 g/mol. The molecule has 1 fully saturated rings. The van der Waals surface area contributed by atoms with E-state index in [9.17, 15) is 23.7 Å². The van der Waals surface area contributed by atoms with Crippen molar-refractivity contribution in [3.63, 3.8) is 0 Å². The molecule has 1 aromatic rings. The van der Waals surface area contributed by atoms with Crippen LogP contribution in [0.15, 0.2) is 26.8 Å². The molecule has 1 aliphatic heterocycles. The molecule has 0 amide bonds. The number of aromatic amines is 1. The Morgan fingerprint density at radius 2 is 1.58 bits per heavy atom. The molecule has 18 nitrogen and oxygen atoms in total. The van der Waals surface area contributed by atoms with Gasteiger partial charge in [0.1, 0.15) is 24.3 Å². The second-order valence-electron chi connectivity index (χ2n) is 14.3. The molecule has 0 saturated carbocycles. The summed E-state index contributed by atoms with van der Waals surface area (Å²) in [7, 11) is -5.08. The third-order valence-corrected chi connectivity index (χ3v) is 11.1. The van der Waals surface area contributed by atoms with Crippen LogP contribution in [0.4, 0.5) is 0 Å². The second-order valence-corrected chi connectivity index (χ2v) is 17.8. The minimum Gasteiger partial charge on any atom is -0.438 e. The summed E-state index contributed by atoms with van der Waals surface area (Å²) >= 11 is 0. The van der Waals surface area contributed by atoms with Gasteiger partial charge in [-0.05, 0) is 76.2 Å². The maximum absolute atomic E-state index is 14.3. The Morgan fingerprint density at radius 1 is 1.04 bits per heavy atom. The van der Waals surface area contributed by atoms with Gasteiger partial charge >= 0.3 is 25.2 Å². The van der Waals surface area contributed by atoms with E-state index in [4.69, 9.17) is 43.6 Å². The Balaban J connectivity index is 2.66. The summed E-state index contributed by atoms with van der Waals surface area (Å²) < 4.78 is 63.5. The van der Waals surface area contributed by atoms with Crippen LogP contribution < -0.4 is 11.2 Å². The lowest BCUT2D eigenvalue weighted by atomic mass is 9.98. The van der Waals surface area contributed by atoms with E-state index >= 15 is 0 Å². The fraction of sp³-hybridized carbons (Fsp3) is 0.750. The van der Waals surface area contributed by atoms with Crippen LogP contribution in [0.2, 0.25) is 0 Å². The van der Waals surface area contributed by atoms with E-state index in [0.717, 1.165) is 10.6 Å². The number of carbonyl (C=O) groups excluding carboxylic acids is 2. The van der Waals surface area contributed by atoms with Crippen LogP contribution in [0.25, 0.3) is 4.85 Å². The lowest BCUT2D eigenvalue weighted by Gasteiger charge is -2.37. The van der Waals surface area contributed by atoms with Crippen molar-refractivity contribution >= 4 is 33.5 Å². The number of aromatic nitrogens is 2. The topological polar surface area (TPSA) is 200 Å². The van der Waals surface area contributed by atoms with Crippen LogP contribution in [0.3, 0.4) is 0 Å². The number of hydrogen-bond donors (Lipinski definition) is 1. The van der Waals surface area contributed by atoms with Gasteiger partial charge < -0.3 is 32.8 Å². The second kappa shape index (κ2) is 19.5. The number of H-pyrrole nitrogens is 1. The Labute approximate surface area is 305 Å². The summed E-state index contributed by atoms with van der Waals surface area (Å²) in [5, 5.41) is 0. The van der Waals surface area contributed by atoms with Gasteiger partial charge in [0.25, 0.3) is 14.1 Å². The first-order chi connectivity index (χ1) is 24.1. The number of nitrogens with one attached hydrogen (secondary N) is 1. The predicted octanol–water partition coefficient (Wildman–Crippen LogP) is 4.81. The third kappa shape index (κ3) is 12.6. The lowest BCUT2D eigenvalue weighted by Crippen LogP contribution is -2.41. The van der Waals surface area contributed by atoms with Gasteiger partial charge in [0.15, 0.2) is 12.5 Å². The van der Waals surface area contributed by atoms with E-state index in [2.05, 4.69) is 14.8 Å². The third-order valence-electron chi connectivity index (χ3n) is 7.19. The highest BCUT2D eigenvalue weighted by molar-refractivity contribution is 7.72. The Kier molecular flexibility index (Phi) is 17.0. The summed E-state index contributed by atoms with van der Waals surface area (Å²) in [6, 6.07) is 0.956. The van der Waals surface area contributed by atoms with E-state index in [1.807, 2.05) is 32.4 Å². The van der Waals surface area contributed by atoms with E-state index in [-0.39, 0.29) is 30.7 Å². The summed E-state index contributed by atoms with van der Waals surface area (Å²) in [6.45, 7) is 24.6. The predicted molar refractivity (Wildman–Crippen MR) is 191 cm³/mol. The maximum Gasteiger partial charge on any atom is 0.380 e. The number of carbonyl (C=O) groups is 2. The normalized spacial score (nSPS) is 20.7. The molecular weight excluding hydrogens is 724 g/mol. The average Bonchev–Trinajstić information content (AvgIpc) is 3.35. The summed E-state index contributed by atoms with van der Waals surface area (Å²) in [4.78, 5) is 59.8. The largest absolute Gasteiger partial charge is 0.438 e. The first kappa shape index (κ1) is 45.3. The van der Waals surface area contributed by atoms with Crippen LogP contribution in [-0.4, -0.2) is 96.0 Å². The number of esters is 2. The molecule has 2 heterocycles. The van der Waals surface area contributed by atoms with Gasteiger partial charge in [-0.3, -0.25) is 37.5 Å². The molecule has 1 aromatic heterocycles. The Morgan fingerprint density at radius 3 is 2.02 bits per heavy atom.